The predicted molar refractivity (Wildman–Crippen MR) is 99.2 cm³/mol. The Hall–Kier alpha value is -1.47. The first-order valence-electron chi connectivity index (χ1n) is 8.84. The molecule has 5 nitrogen and oxygen atoms in total. The number of hydrogen-bond acceptors (Lipinski definition) is 3. The molecule has 1 aliphatic heterocycles. The number of nitrogens with zero attached hydrogens (tertiary/aromatic N) is 1. The molecule has 26 heavy (non-hydrogen) atoms. The molecule has 1 aliphatic carbocycles. The first-order valence-corrected chi connectivity index (χ1v) is 9.63. The van der Waals surface area contributed by atoms with Crippen molar-refractivity contribution in [3.8, 4) is 0 Å². The van der Waals surface area contributed by atoms with Gasteiger partial charge in [-0.15, -0.1) is 0 Å². The highest BCUT2D eigenvalue weighted by molar-refractivity contribution is 9.10. The number of halogens is 2. The molecule has 142 valence electrons. The van der Waals surface area contributed by atoms with E-state index in [0.29, 0.717) is 10.4 Å². The number of fused-ring (bicyclic) bond motifs is 1. The van der Waals surface area contributed by atoms with Gasteiger partial charge < -0.3 is 15.0 Å². The predicted octanol–water partition coefficient (Wildman–Crippen LogP) is 2.98. The number of carbonyl (C=O) groups is 2. The molecule has 0 bridgehead atoms. The summed E-state index contributed by atoms with van der Waals surface area (Å²) in [6, 6.07) is 4.10. The van der Waals surface area contributed by atoms with Crippen LogP contribution in [0.15, 0.2) is 22.7 Å². The van der Waals surface area contributed by atoms with Gasteiger partial charge >= 0.3 is 0 Å². The van der Waals surface area contributed by atoms with E-state index in [1.807, 2.05) is 7.05 Å². The Balaban J connectivity index is 1.53. The first-order chi connectivity index (χ1) is 12.2. The van der Waals surface area contributed by atoms with Crippen LogP contribution in [0.2, 0.25) is 0 Å². The fourth-order valence-corrected chi connectivity index (χ4v) is 4.89. The standard InChI is InChI=1S/C19H24BrFN2O3/c1-19(2)16(12-7-9-26-17(12)19)23(3)15(24)6-8-22-18(25)13-10-11(21)4-5-14(13)20/h4-5,10,12,16-17H,6-9H2,1-3H3,(H,22,25)/t12-,16+,17-/m0/s1. The molecule has 1 aromatic carbocycles. The molecule has 1 heterocycles. The molecule has 2 amide bonds. The Kier molecular flexibility index (Phi) is 5.40. The molecule has 1 N–H and O–H groups in total. The van der Waals surface area contributed by atoms with E-state index < -0.39 is 11.7 Å². The van der Waals surface area contributed by atoms with Crippen molar-refractivity contribution in [2.24, 2.45) is 11.3 Å². The van der Waals surface area contributed by atoms with Crippen LogP contribution >= 0.6 is 15.9 Å². The van der Waals surface area contributed by atoms with Gasteiger partial charge in [0.2, 0.25) is 5.91 Å². The normalized spacial score (nSPS) is 26.0. The number of hydrogen-bond donors (Lipinski definition) is 1. The molecule has 0 unspecified atom stereocenters. The molecular formula is C19H24BrFN2O3. The lowest BCUT2D eigenvalue weighted by molar-refractivity contribution is -0.167. The van der Waals surface area contributed by atoms with Crippen LogP contribution < -0.4 is 5.32 Å². The van der Waals surface area contributed by atoms with Crippen molar-refractivity contribution in [3.05, 3.63) is 34.1 Å². The van der Waals surface area contributed by atoms with Crippen LogP contribution in [0, 0.1) is 17.2 Å². The number of benzene rings is 1. The second-order valence-corrected chi connectivity index (χ2v) is 8.50. The zero-order valence-electron chi connectivity index (χ0n) is 15.2. The van der Waals surface area contributed by atoms with Crippen molar-refractivity contribution in [1.82, 2.24) is 10.2 Å². The van der Waals surface area contributed by atoms with E-state index in [1.54, 1.807) is 4.90 Å². The quantitative estimate of drug-likeness (QED) is 0.786. The number of rotatable bonds is 5. The summed E-state index contributed by atoms with van der Waals surface area (Å²) >= 11 is 3.24. The molecule has 0 spiro atoms. The Bertz CT molecular complexity index is 725. The van der Waals surface area contributed by atoms with Crippen LogP contribution in [0.4, 0.5) is 4.39 Å². The molecule has 1 saturated carbocycles. The van der Waals surface area contributed by atoms with Gasteiger partial charge in [0.25, 0.3) is 5.91 Å². The minimum absolute atomic E-state index is 0.00738. The Morgan fingerprint density at radius 2 is 2.15 bits per heavy atom. The first kappa shape index (κ1) is 19.3. The van der Waals surface area contributed by atoms with Crippen LogP contribution in [-0.2, 0) is 9.53 Å². The van der Waals surface area contributed by atoms with E-state index in [0.717, 1.165) is 13.0 Å². The summed E-state index contributed by atoms with van der Waals surface area (Å²) in [6.07, 6.45) is 1.42. The zero-order valence-corrected chi connectivity index (χ0v) is 16.8. The van der Waals surface area contributed by atoms with Crippen LogP contribution in [0.3, 0.4) is 0 Å². The zero-order chi connectivity index (χ0) is 19.1. The summed E-state index contributed by atoms with van der Waals surface area (Å²) in [5, 5.41) is 2.69. The Labute approximate surface area is 161 Å². The van der Waals surface area contributed by atoms with Gasteiger partial charge in [0.15, 0.2) is 0 Å². The topological polar surface area (TPSA) is 58.6 Å². The minimum Gasteiger partial charge on any atom is -0.377 e. The Morgan fingerprint density at radius 3 is 2.88 bits per heavy atom. The largest absolute Gasteiger partial charge is 0.377 e. The molecule has 3 atom stereocenters. The fraction of sp³-hybridized carbons (Fsp3) is 0.579. The third kappa shape index (κ3) is 3.39. The van der Waals surface area contributed by atoms with Crippen LogP contribution in [0.1, 0.15) is 37.0 Å². The lowest BCUT2D eigenvalue weighted by Gasteiger charge is -2.57. The van der Waals surface area contributed by atoms with Crippen LogP contribution in [0.25, 0.3) is 0 Å². The van der Waals surface area contributed by atoms with Gasteiger partial charge in [-0.3, -0.25) is 9.59 Å². The number of nitrogens with one attached hydrogen (secondary N) is 1. The summed E-state index contributed by atoms with van der Waals surface area (Å²) in [5.74, 6) is -0.487. The van der Waals surface area contributed by atoms with Gasteiger partial charge in [-0.05, 0) is 40.5 Å². The highest BCUT2D eigenvalue weighted by Gasteiger charge is 2.61. The molecule has 0 radical (unpaired) electrons. The van der Waals surface area contributed by atoms with Gasteiger partial charge in [-0.2, -0.15) is 0 Å². The van der Waals surface area contributed by atoms with Crippen LogP contribution in [-0.4, -0.2) is 49.1 Å². The highest BCUT2D eigenvalue weighted by Crippen LogP contribution is 2.54. The molecule has 7 heteroatoms. The van der Waals surface area contributed by atoms with E-state index >= 15 is 0 Å². The SMILES string of the molecule is CN(C(=O)CCNC(=O)c1cc(F)ccc1Br)[C@@H]1[C@@H]2CCO[C@@H]2C1(C)C. The second kappa shape index (κ2) is 7.27. The lowest BCUT2D eigenvalue weighted by atomic mass is 9.57. The molecule has 3 rings (SSSR count). The summed E-state index contributed by atoms with van der Waals surface area (Å²) in [6.45, 7) is 5.24. The average Bonchev–Trinajstić information content (AvgIpc) is 3.03. The molecule has 1 saturated heterocycles. The second-order valence-electron chi connectivity index (χ2n) is 7.64. The van der Waals surface area contributed by atoms with Crippen molar-refractivity contribution in [1.29, 1.82) is 0 Å². The van der Waals surface area contributed by atoms with Gasteiger partial charge in [0, 0.05) is 48.5 Å². The van der Waals surface area contributed by atoms with Crippen molar-refractivity contribution in [2.75, 3.05) is 20.2 Å². The van der Waals surface area contributed by atoms with Crippen molar-refractivity contribution in [2.45, 2.75) is 38.8 Å². The maximum atomic E-state index is 13.3. The fourth-order valence-electron chi connectivity index (χ4n) is 4.47. The maximum absolute atomic E-state index is 13.3. The highest BCUT2D eigenvalue weighted by atomic mass is 79.9. The van der Waals surface area contributed by atoms with Gasteiger partial charge in [0.1, 0.15) is 5.82 Å². The van der Waals surface area contributed by atoms with Gasteiger partial charge in [0.05, 0.1) is 11.7 Å². The Morgan fingerprint density at radius 1 is 1.42 bits per heavy atom. The van der Waals surface area contributed by atoms with E-state index in [2.05, 4.69) is 35.1 Å². The molecular weight excluding hydrogens is 403 g/mol. The lowest BCUT2D eigenvalue weighted by Crippen LogP contribution is -2.67. The average molecular weight is 427 g/mol. The van der Waals surface area contributed by atoms with E-state index in [-0.39, 0.29) is 42.0 Å². The number of ether oxygens (including phenoxy) is 1. The third-order valence-corrected chi connectivity index (χ3v) is 6.34. The number of amides is 2. The van der Waals surface area contributed by atoms with Crippen molar-refractivity contribution >= 4 is 27.7 Å². The summed E-state index contributed by atoms with van der Waals surface area (Å²) < 4.78 is 19.6. The number of carbonyl (C=O) groups excluding carboxylic acids is 2. The van der Waals surface area contributed by atoms with Gasteiger partial charge in [-0.1, -0.05) is 13.8 Å². The molecule has 0 aromatic heterocycles. The van der Waals surface area contributed by atoms with Crippen LogP contribution in [0.5, 0.6) is 0 Å². The monoisotopic (exact) mass is 426 g/mol. The van der Waals surface area contributed by atoms with E-state index in [1.165, 1.54) is 18.2 Å². The van der Waals surface area contributed by atoms with Gasteiger partial charge in [-0.25, -0.2) is 4.39 Å². The third-order valence-electron chi connectivity index (χ3n) is 5.65. The molecule has 2 fully saturated rings. The smallest absolute Gasteiger partial charge is 0.252 e. The summed E-state index contributed by atoms with van der Waals surface area (Å²) in [7, 11) is 1.83. The van der Waals surface area contributed by atoms with Crippen molar-refractivity contribution in [3.63, 3.8) is 0 Å². The molecule has 2 aliphatic rings. The molecule has 1 aromatic rings. The van der Waals surface area contributed by atoms with E-state index in [4.69, 9.17) is 4.74 Å². The van der Waals surface area contributed by atoms with Crippen molar-refractivity contribution < 1.29 is 18.7 Å². The van der Waals surface area contributed by atoms with E-state index in [9.17, 15) is 14.0 Å². The summed E-state index contributed by atoms with van der Waals surface area (Å²) in [4.78, 5) is 26.5. The minimum atomic E-state index is -0.477. The maximum Gasteiger partial charge on any atom is 0.252 e. The summed E-state index contributed by atoms with van der Waals surface area (Å²) in [5.41, 5.74) is 0.165.